The lowest BCUT2D eigenvalue weighted by molar-refractivity contribution is 0.0696. The van der Waals surface area contributed by atoms with Gasteiger partial charge in [-0.1, -0.05) is 0 Å². The smallest absolute Gasteiger partial charge is 0.335 e. The van der Waals surface area contributed by atoms with E-state index in [4.69, 9.17) is 9.52 Å². The zero-order valence-electron chi connectivity index (χ0n) is 10.6. The molecule has 0 saturated heterocycles. The minimum Gasteiger partial charge on any atom is -0.478 e. The van der Waals surface area contributed by atoms with Crippen LogP contribution in [0.1, 0.15) is 15.9 Å². The van der Waals surface area contributed by atoms with Crippen molar-refractivity contribution in [3.05, 3.63) is 53.5 Å². The van der Waals surface area contributed by atoms with Gasteiger partial charge in [0, 0.05) is 5.56 Å². The maximum Gasteiger partial charge on any atom is 0.335 e. The van der Waals surface area contributed by atoms with Crippen LogP contribution in [0.4, 0.5) is 4.39 Å². The second kappa shape index (κ2) is 5.16. The van der Waals surface area contributed by atoms with Crippen LogP contribution in [0.25, 0.3) is 11.6 Å². The monoisotopic (exact) mass is 288 g/mol. The van der Waals surface area contributed by atoms with Gasteiger partial charge in [0.25, 0.3) is 0 Å². The van der Waals surface area contributed by atoms with Crippen molar-refractivity contribution in [2.24, 2.45) is 0 Å². The van der Waals surface area contributed by atoms with Gasteiger partial charge in [0.2, 0.25) is 5.82 Å². The lowest BCUT2D eigenvalue weighted by atomic mass is 10.1. The highest BCUT2D eigenvalue weighted by atomic mass is 19.1. The van der Waals surface area contributed by atoms with E-state index < -0.39 is 11.8 Å². The highest BCUT2D eigenvalue weighted by Crippen LogP contribution is 2.15. The second-order valence-corrected chi connectivity index (χ2v) is 4.23. The van der Waals surface area contributed by atoms with Crippen LogP contribution in [0, 0.1) is 5.82 Å². The standard InChI is InChI=1S/C13H9FN4O3/c14-10-4-3-8(13(19)20)6-9(10)7-18-16-12(15-17-18)11-2-1-5-21-11/h1-6H,7H2,(H,19,20). The molecule has 3 aromatic rings. The van der Waals surface area contributed by atoms with E-state index in [1.54, 1.807) is 12.1 Å². The summed E-state index contributed by atoms with van der Waals surface area (Å²) in [4.78, 5) is 12.1. The summed E-state index contributed by atoms with van der Waals surface area (Å²) in [7, 11) is 0. The highest BCUT2D eigenvalue weighted by Gasteiger charge is 2.12. The number of furan rings is 1. The molecule has 0 amide bonds. The normalized spacial score (nSPS) is 10.7. The van der Waals surface area contributed by atoms with Gasteiger partial charge in [0.15, 0.2) is 5.76 Å². The van der Waals surface area contributed by atoms with Crippen molar-refractivity contribution in [1.29, 1.82) is 0 Å². The minimum absolute atomic E-state index is 0.00206. The first-order chi connectivity index (χ1) is 10.1. The van der Waals surface area contributed by atoms with Crippen molar-refractivity contribution < 1.29 is 18.7 Å². The van der Waals surface area contributed by atoms with E-state index in [0.29, 0.717) is 5.76 Å². The molecule has 0 aliphatic heterocycles. The summed E-state index contributed by atoms with van der Waals surface area (Å²) in [5, 5.41) is 20.5. The van der Waals surface area contributed by atoms with E-state index in [1.165, 1.54) is 23.2 Å². The van der Waals surface area contributed by atoms with E-state index in [2.05, 4.69) is 15.4 Å². The zero-order valence-corrected chi connectivity index (χ0v) is 10.6. The lowest BCUT2D eigenvalue weighted by Crippen LogP contribution is -2.07. The Balaban J connectivity index is 1.87. The van der Waals surface area contributed by atoms with Crippen LogP contribution in [-0.2, 0) is 6.54 Å². The van der Waals surface area contributed by atoms with E-state index >= 15 is 0 Å². The Kier molecular flexibility index (Phi) is 3.19. The van der Waals surface area contributed by atoms with Crippen LogP contribution < -0.4 is 0 Å². The van der Waals surface area contributed by atoms with Crippen molar-refractivity contribution in [2.75, 3.05) is 0 Å². The van der Waals surface area contributed by atoms with Crippen molar-refractivity contribution in [1.82, 2.24) is 20.2 Å². The zero-order chi connectivity index (χ0) is 14.8. The number of aromatic carboxylic acids is 1. The Bertz CT molecular complexity index is 783. The number of halogens is 1. The Morgan fingerprint density at radius 2 is 2.24 bits per heavy atom. The molecule has 0 bridgehead atoms. The number of tetrazole rings is 1. The topological polar surface area (TPSA) is 94.0 Å². The summed E-state index contributed by atoms with van der Waals surface area (Å²) in [6, 6.07) is 6.90. The molecule has 2 heterocycles. The van der Waals surface area contributed by atoms with Gasteiger partial charge >= 0.3 is 5.97 Å². The van der Waals surface area contributed by atoms with Crippen LogP contribution in [0.3, 0.4) is 0 Å². The molecule has 3 rings (SSSR count). The van der Waals surface area contributed by atoms with E-state index in [-0.39, 0.29) is 23.5 Å². The van der Waals surface area contributed by atoms with Crippen LogP contribution in [0.5, 0.6) is 0 Å². The predicted octanol–water partition coefficient (Wildman–Crippen LogP) is 1.82. The van der Waals surface area contributed by atoms with Gasteiger partial charge in [-0.2, -0.15) is 4.80 Å². The fourth-order valence-corrected chi connectivity index (χ4v) is 1.80. The molecule has 0 spiro atoms. The molecule has 8 heteroatoms. The van der Waals surface area contributed by atoms with Crippen LogP contribution in [-0.4, -0.2) is 31.3 Å². The Hall–Kier alpha value is -3.03. The number of carboxylic acid groups (broad SMARTS) is 1. The van der Waals surface area contributed by atoms with Gasteiger partial charge in [0.05, 0.1) is 18.4 Å². The summed E-state index contributed by atoms with van der Waals surface area (Å²) in [6.45, 7) is -0.0271. The maximum atomic E-state index is 13.7. The fourth-order valence-electron chi connectivity index (χ4n) is 1.80. The van der Waals surface area contributed by atoms with Crippen molar-refractivity contribution in [3.8, 4) is 11.6 Å². The summed E-state index contributed by atoms with van der Waals surface area (Å²) in [5.41, 5.74) is 0.163. The first kappa shape index (κ1) is 13.0. The second-order valence-electron chi connectivity index (χ2n) is 4.23. The molecule has 2 aromatic heterocycles. The van der Waals surface area contributed by atoms with Gasteiger partial charge < -0.3 is 9.52 Å². The summed E-state index contributed by atoms with van der Waals surface area (Å²) >= 11 is 0. The molecule has 0 aliphatic carbocycles. The van der Waals surface area contributed by atoms with Gasteiger partial charge in [-0.25, -0.2) is 9.18 Å². The molecule has 7 nitrogen and oxygen atoms in total. The number of benzene rings is 1. The largest absolute Gasteiger partial charge is 0.478 e. The molecule has 0 atom stereocenters. The molecule has 1 aromatic carbocycles. The third-order valence-electron chi connectivity index (χ3n) is 2.80. The van der Waals surface area contributed by atoms with Crippen molar-refractivity contribution >= 4 is 5.97 Å². The van der Waals surface area contributed by atoms with Crippen LogP contribution in [0.15, 0.2) is 41.0 Å². The van der Waals surface area contributed by atoms with Crippen LogP contribution in [0.2, 0.25) is 0 Å². The fraction of sp³-hybridized carbons (Fsp3) is 0.0769. The van der Waals surface area contributed by atoms with Crippen LogP contribution >= 0.6 is 0 Å². The molecular formula is C13H9FN4O3. The first-order valence-electron chi connectivity index (χ1n) is 5.97. The summed E-state index contributed by atoms with van der Waals surface area (Å²) in [5.74, 6) is -0.938. The first-order valence-corrected chi connectivity index (χ1v) is 5.97. The Morgan fingerprint density at radius 1 is 1.38 bits per heavy atom. The molecule has 0 saturated carbocycles. The summed E-state index contributed by atoms with van der Waals surface area (Å²) < 4.78 is 18.8. The van der Waals surface area contributed by atoms with E-state index in [1.807, 2.05) is 0 Å². The number of carboxylic acids is 1. The SMILES string of the molecule is O=C(O)c1ccc(F)c(Cn2nnc(-c3ccco3)n2)c1. The minimum atomic E-state index is -1.13. The molecule has 0 radical (unpaired) electrons. The third-order valence-corrected chi connectivity index (χ3v) is 2.80. The summed E-state index contributed by atoms with van der Waals surface area (Å²) in [6.07, 6.45) is 1.48. The molecular weight excluding hydrogens is 279 g/mol. The quantitative estimate of drug-likeness (QED) is 0.787. The molecule has 0 fully saturated rings. The highest BCUT2D eigenvalue weighted by molar-refractivity contribution is 5.87. The molecule has 21 heavy (non-hydrogen) atoms. The lowest BCUT2D eigenvalue weighted by Gasteiger charge is -2.03. The van der Waals surface area contributed by atoms with Crippen molar-refractivity contribution in [3.63, 3.8) is 0 Å². The number of hydrogen-bond donors (Lipinski definition) is 1. The molecule has 1 N–H and O–H groups in total. The molecule has 0 aliphatic rings. The number of carbonyl (C=O) groups is 1. The number of rotatable bonds is 4. The van der Waals surface area contributed by atoms with Gasteiger partial charge in [-0.05, 0) is 35.5 Å². The van der Waals surface area contributed by atoms with Gasteiger partial charge in [-0.15, -0.1) is 10.2 Å². The number of aromatic nitrogens is 4. The van der Waals surface area contributed by atoms with Crippen molar-refractivity contribution in [2.45, 2.75) is 6.54 Å². The molecule has 0 unspecified atom stereocenters. The predicted molar refractivity (Wildman–Crippen MR) is 68.0 cm³/mol. The average Bonchev–Trinajstić information content (AvgIpc) is 3.11. The number of hydrogen-bond acceptors (Lipinski definition) is 5. The van der Waals surface area contributed by atoms with E-state index in [0.717, 1.165) is 6.07 Å². The average molecular weight is 288 g/mol. The van der Waals surface area contributed by atoms with Gasteiger partial charge in [-0.3, -0.25) is 0 Å². The van der Waals surface area contributed by atoms with E-state index in [9.17, 15) is 9.18 Å². The maximum absolute atomic E-state index is 13.7. The Morgan fingerprint density at radius 3 is 2.95 bits per heavy atom. The number of nitrogens with zero attached hydrogens (tertiary/aromatic N) is 4. The third kappa shape index (κ3) is 2.64. The van der Waals surface area contributed by atoms with Gasteiger partial charge in [0.1, 0.15) is 5.82 Å². The molecule has 106 valence electrons. The Labute approximate surface area is 117 Å².